The van der Waals surface area contributed by atoms with E-state index in [4.69, 9.17) is 0 Å². The molecule has 1 aliphatic heterocycles. The highest BCUT2D eigenvalue weighted by Crippen LogP contribution is 2.18. The van der Waals surface area contributed by atoms with E-state index < -0.39 is 0 Å². The quantitative estimate of drug-likeness (QED) is 0.663. The number of carbonyl (C=O) groups excluding carboxylic acids is 2. The molecular formula is C17H25N5O2. The van der Waals surface area contributed by atoms with Gasteiger partial charge in [-0.05, 0) is 12.8 Å². The lowest BCUT2D eigenvalue weighted by Crippen LogP contribution is -2.46. The number of aromatic nitrogens is 2. The zero-order valence-electron chi connectivity index (χ0n) is 14.0. The smallest absolute Gasteiger partial charge is 0.271 e. The van der Waals surface area contributed by atoms with Gasteiger partial charge in [0.1, 0.15) is 11.5 Å². The summed E-state index contributed by atoms with van der Waals surface area (Å²) in [7, 11) is 0. The van der Waals surface area contributed by atoms with Gasteiger partial charge in [-0.3, -0.25) is 9.59 Å². The van der Waals surface area contributed by atoms with E-state index in [0.29, 0.717) is 18.8 Å². The van der Waals surface area contributed by atoms with Crippen molar-refractivity contribution in [2.45, 2.75) is 44.6 Å². The van der Waals surface area contributed by atoms with Crippen LogP contribution in [0.5, 0.6) is 0 Å². The standard InChI is InChI=1S/C17H25N5O2/c23-13-21-7-9-22(10-8-21)16-12-18-15(11-19-16)17(24)20-14-5-3-1-2-4-6-14/h11-14H,1-10H2,(H,20,24). The van der Waals surface area contributed by atoms with Crippen molar-refractivity contribution in [3.05, 3.63) is 18.1 Å². The zero-order chi connectivity index (χ0) is 16.8. The summed E-state index contributed by atoms with van der Waals surface area (Å²) in [6.45, 7) is 2.85. The molecule has 1 aromatic rings. The van der Waals surface area contributed by atoms with Gasteiger partial charge in [-0.25, -0.2) is 9.97 Å². The highest BCUT2D eigenvalue weighted by atomic mass is 16.2. The van der Waals surface area contributed by atoms with E-state index in [1.165, 1.54) is 25.7 Å². The predicted molar refractivity (Wildman–Crippen MR) is 90.8 cm³/mol. The van der Waals surface area contributed by atoms with Gasteiger partial charge in [0.2, 0.25) is 6.41 Å². The molecule has 2 amide bonds. The first kappa shape index (κ1) is 16.7. The maximum Gasteiger partial charge on any atom is 0.271 e. The molecule has 1 N–H and O–H groups in total. The Hall–Kier alpha value is -2.18. The topological polar surface area (TPSA) is 78.4 Å². The molecule has 1 saturated heterocycles. The maximum absolute atomic E-state index is 12.3. The minimum Gasteiger partial charge on any atom is -0.352 e. The third-order valence-corrected chi connectivity index (χ3v) is 4.85. The van der Waals surface area contributed by atoms with Crippen molar-refractivity contribution in [3.63, 3.8) is 0 Å². The molecule has 0 atom stereocenters. The van der Waals surface area contributed by atoms with Crippen LogP contribution in [0.1, 0.15) is 49.0 Å². The first-order valence-electron chi connectivity index (χ1n) is 8.83. The first-order chi connectivity index (χ1) is 11.8. The lowest BCUT2D eigenvalue weighted by atomic mass is 10.1. The van der Waals surface area contributed by atoms with Gasteiger partial charge in [0.05, 0.1) is 12.4 Å². The third-order valence-electron chi connectivity index (χ3n) is 4.85. The maximum atomic E-state index is 12.3. The van der Waals surface area contributed by atoms with Crippen molar-refractivity contribution in [1.29, 1.82) is 0 Å². The number of hydrogen-bond acceptors (Lipinski definition) is 5. The Labute approximate surface area is 142 Å². The molecule has 1 saturated carbocycles. The van der Waals surface area contributed by atoms with Gasteiger partial charge in [-0.15, -0.1) is 0 Å². The molecule has 2 fully saturated rings. The minimum absolute atomic E-state index is 0.133. The average Bonchev–Trinajstić information content (AvgIpc) is 2.90. The van der Waals surface area contributed by atoms with E-state index in [1.54, 1.807) is 17.3 Å². The van der Waals surface area contributed by atoms with Crippen molar-refractivity contribution in [3.8, 4) is 0 Å². The number of anilines is 1. The van der Waals surface area contributed by atoms with E-state index in [0.717, 1.165) is 38.2 Å². The largest absolute Gasteiger partial charge is 0.352 e. The number of hydrogen-bond donors (Lipinski definition) is 1. The van der Waals surface area contributed by atoms with Crippen LogP contribution in [-0.2, 0) is 4.79 Å². The van der Waals surface area contributed by atoms with E-state index in [2.05, 4.69) is 20.2 Å². The molecule has 0 radical (unpaired) electrons. The molecule has 7 nitrogen and oxygen atoms in total. The van der Waals surface area contributed by atoms with Gasteiger partial charge in [0.15, 0.2) is 0 Å². The summed E-state index contributed by atoms with van der Waals surface area (Å²) in [6.07, 6.45) is 11.1. The van der Waals surface area contributed by atoms with Crippen molar-refractivity contribution >= 4 is 18.1 Å². The normalized spacial score (nSPS) is 19.7. The summed E-state index contributed by atoms with van der Waals surface area (Å²) in [5.74, 6) is 0.623. The number of rotatable bonds is 4. The van der Waals surface area contributed by atoms with Crippen LogP contribution in [0.2, 0.25) is 0 Å². The second-order valence-electron chi connectivity index (χ2n) is 6.55. The molecule has 3 rings (SSSR count). The number of amides is 2. The minimum atomic E-state index is -0.133. The summed E-state index contributed by atoms with van der Waals surface area (Å²) in [5.41, 5.74) is 0.370. The Morgan fingerprint density at radius 2 is 1.75 bits per heavy atom. The molecule has 0 aromatic carbocycles. The van der Waals surface area contributed by atoms with E-state index in [9.17, 15) is 9.59 Å². The number of piperazine rings is 1. The molecule has 2 heterocycles. The number of nitrogens with zero attached hydrogens (tertiary/aromatic N) is 4. The van der Waals surface area contributed by atoms with Crippen LogP contribution in [0.3, 0.4) is 0 Å². The monoisotopic (exact) mass is 331 g/mol. The Kier molecular flexibility index (Phi) is 5.61. The lowest BCUT2D eigenvalue weighted by Gasteiger charge is -2.33. The van der Waals surface area contributed by atoms with Crippen molar-refractivity contribution < 1.29 is 9.59 Å². The third kappa shape index (κ3) is 4.21. The van der Waals surface area contributed by atoms with Crippen LogP contribution in [-0.4, -0.2) is 59.4 Å². The summed E-state index contributed by atoms with van der Waals surface area (Å²) < 4.78 is 0. The second kappa shape index (κ2) is 8.08. The number of nitrogens with one attached hydrogen (secondary N) is 1. The molecule has 24 heavy (non-hydrogen) atoms. The van der Waals surface area contributed by atoms with Gasteiger partial charge < -0.3 is 15.1 Å². The van der Waals surface area contributed by atoms with Crippen LogP contribution >= 0.6 is 0 Å². The molecule has 0 unspecified atom stereocenters. The molecule has 130 valence electrons. The lowest BCUT2D eigenvalue weighted by molar-refractivity contribution is -0.118. The molecular weight excluding hydrogens is 306 g/mol. The SMILES string of the molecule is O=CN1CCN(c2cnc(C(=O)NC3CCCCCC3)cn2)CC1. The Balaban J connectivity index is 1.55. The second-order valence-corrected chi connectivity index (χ2v) is 6.55. The fraction of sp³-hybridized carbons (Fsp3) is 0.647. The summed E-state index contributed by atoms with van der Waals surface area (Å²) in [5, 5.41) is 3.09. The highest BCUT2D eigenvalue weighted by molar-refractivity contribution is 5.92. The molecule has 0 spiro atoms. The average molecular weight is 331 g/mol. The molecule has 1 aliphatic carbocycles. The molecule has 7 heteroatoms. The van der Waals surface area contributed by atoms with Gasteiger partial charge in [-0.2, -0.15) is 0 Å². The Bertz CT molecular complexity index is 547. The van der Waals surface area contributed by atoms with Crippen LogP contribution < -0.4 is 10.2 Å². The van der Waals surface area contributed by atoms with Crippen LogP contribution in [0.15, 0.2) is 12.4 Å². The van der Waals surface area contributed by atoms with Crippen molar-refractivity contribution in [2.24, 2.45) is 0 Å². The van der Waals surface area contributed by atoms with Crippen LogP contribution in [0.4, 0.5) is 5.82 Å². The first-order valence-corrected chi connectivity index (χ1v) is 8.83. The fourth-order valence-electron chi connectivity index (χ4n) is 3.34. The molecule has 2 aliphatic rings. The summed E-state index contributed by atoms with van der Waals surface area (Å²) in [4.78, 5) is 35.6. The van der Waals surface area contributed by atoms with Crippen molar-refractivity contribution in [2.75, 3.05) is 31.1 Å². The predicted octanol–water partition coefficient (Wildman–Crippen LogP) is 1.21. The Morgan fingerprint density at radius 3 is 2.33 bits per heavy atom. The highest BCUT2D eigenvalue weighted by Gasteiger charge is 2.19. The zero-order valence-corrected chi connectivity index (χ0v) is 14.0. The van der Waals surface area contributed by atoms with Crippen LogP contribution in [0.25, 0.3) is 0 Å². The van der Waals surface area contributed by atoms with Gasteiger partial charge >= 0.3 is 0 Å². The van der Waals surface area contributed by atoms with E-state index in [1.807, 2.05) is 0 Å². The molecule has 0 bridgehead atoms. The van der Waals surface area contributed by atoms with Crippen LogP contribution in [0, 0.1) is 0 Å². The number of carbonyl (C=O) groups is 2. The van der Waals surface area contributed by atoms with E-state index in [-0.39, 0.29) is 11.9 Å². The van der Waals surface area contributed by atoms with Gasteiger partial charge in [-0.1, -0.05) is 25.7 Å². The summed E-state index contributed by atoms with van der Waals surface area (Å²) >= 11 is 0. The van der Waals surface area contributed by atoms with Gasteiger partial charge in [0, 0.05) is 32.2 Å². The van der Waals surface area contributed by atoms with Crippen molar-refractivity contribution in [1.82, 2.24) is 20.2 Å². The Morgan fingerprint density at radius 1 is 1.04 bits per heavy atom. The molecule has 1 aromatic heterocycles. The van der Waals surface area contributed by atoms with Gasteiger partial charge in [0.25, 0.3) is 5.91 Å². The fourth-order valence-corrected chi connectivity index (χ4v) is 3.34. The van der Waals surface area contributed by atoms with E-state index >= 15 is 0 Å². The summed E-state index contributed by atoms with van der Waals surface area (Å²) in [6, 6.07) is 0.262.